The van der Waals surface area contributed by atoms with Gasteiger partial charge in [0.15, 0.2) is 6.10 Å². The molecule has 0 fully saturated rings. The van der Waals surface area contributed by atoms with Gasteiger partial charge in [0.2, 0.25) is 0 Å². The first-order valence-corrected chi connectivity index (χ1v) is 28.8. The van der Waals surface area contributed by atoms with Crippen LogP contribution in [0.4, 0.5) is 0 Å². The summed E-state index contributed by atoms with van der Waals surface area (Å²) in [6.45, 7) is 6.59. The summed E-state index contributed by atoms with van der Waals surface area (Å²) in [6, 6.07) is 0. The highest BCUT2D eigenvalue weighted by Crippen LogP contribution is 2.15. The number of hydrogen-bond donors (Lipinski definition) is 0. The summed E-state index contributed by atoms with van der Waals surface area (Å²) in [5.41, 5.74) is 0. The molecule has 0 N–H and O–H groups in total. The molecule has 0 aromatic rings. The molecule has 0 aliphatic carbocycles. The number of rotatable bonds is 52. The zero-order valence-corrected chi connectivity index (χ0v) is 44.4. The van der Waals surface area contributed by atoms with Gasteiger partial charge in [0, 0.05) is 19.3 Å². The fraction of sp³-hybridized carbons (Fsp3) is 0.787. The number of unbranched alkanes of at least 4 members (excludes halogenated alkanes) is 31. The summed E-state index contributed by atoms with van der Waals surface area (Å²) in [5.74, 6) is -0.905. The maximum absolute atomic E-state index is 12.9. The van der Waals surface area contributed by atoms with Gasteiger partial charge in [0.25, 0.3) is 0 Å². The predicted molar refractivity (Wildman–Crippen MR) is 288 cm³/mol. The van der Waals surface area contributed by atoms with Crippen molar-refractivity contribution in [2.45, 2.75) is 297 Å². The van der Waals surface area contributed by atoms with Crippen LogP contribution in [-0.2, 0) is 28.6 Å². The topological polar surface area (TPSA) is 78.9 Å². The average molecular weight is 938 g/mol. The molecule has 0 radical (unpaired) electrons. The van der Waals surface area contributed by atoms with Gasteiger partial charge in [-0.15, -0.1) is 0 Å². The SMILES string of the molecule is CCCCC/C=C\C/C=C\C/C=C\CCCCCCC(=O)OC[C@H](COC(=O)CCCCCCCCC/C=C\CCCCCC)OC(=O)CCCCCCCCC/C=C\CCCCCCCC. The van der Waals surface area contributed by atoms with E-state index in [0.29, 0.717) is 19.3 Å². The Kier molecular flexibility index (Phi) is 53.3. The van der Waals surface area contributed by atoms with Crippen molar-refractivity contribution in [2.24, 2.45) is 0 Å². The highest BCUT2D eigenvalue weighted by Gasteiger charge is 2.19. The third-order valence-corrected chi connectivity index (χ3v) is 12.5. The maximum atomic E-state index is 12.9. The minimum atomic E-state index is -0.787. The van der Waals surface area contributed by atoms with E-state index < -0.39 is 6.10 Å². The largest absolute Gasteiger partial charge is 0.462 e. The summed E-state index contributed by atoms with van der Waals surface area (Å²) < 4.78 is 16.9. The second-order valence-corrected chi connectivity index (χ2v) is 19.2. The molecule has 67 heavy (non-hydrogen) atoms. The lowest BCUT2D eigenvalue weighted by molar-refractivity contribution is -0.167. The molecule has 0 aromatic heterocycles. The van der Waals surface area contributed by atoms with E-state index >= 15 is 0 Å². The zero-order valence-electron chi connectivity index (χ0n) is 44.4. The Morgan fingerprint density at radius 1 is 0.299 bits per heavy atom. The Balaban J connectivity index is 4.42. The predicted octanol–water partition coefficient (Wildman–Crippen LogP) is 19.2. The lowest BCUT2D eigenvalue weighted by Gasteiger charge is -2.18. The molecule has 0 saturated heterocycles. The Labute approximate surface area is 415 Å². The van der Waals surface area contributed by atoms with E-state index in [9.17, 15) is 14.4 Å². The minimum Gasteiger partial charge on any atom is -0.462 e. The van der Waals surface area contributed by atoms with Gasteiger partial charge in [-0.1, -0.05) is 223 Å². The van der Waals surface area contributed by atoms with E-state index in [0.717, 1.165) is 83.5 Å². The normalized spacial score (nSPS) is 12.5. The standard InChI is InChI=1S/C61H108O6/c1-4-7-10-13-16-19-22-25-28-30-33-36-39-42-45-48-51-54-60(63)66-57-58(56-65-59(62)53-50-47-44-41-38-35-32-27-24-21-18-15-12-9-6-3)67-61(64)55-52-49-46-43-40-37-34-31-29-26-23-20-17-14-11-8-5-2/h16,19,21,24-26,28-29,33,36,58H,4-15,17-18,20,22-23,27,30-32,34-35,37-57H2,1-3H3/b19-16-,24-21-,28-25-,29-26-,36-33-/t58-/m0/s1. The zero-order chi connectivity index (χ0) is 48.6. The van der Waals surface area contributed by atoms with Crippen LogP contribution in [0.2, 0.25) is 0 Å². The molecule has 0 unspecified atom stereocenters. The summed E-state index contributed by atoms with van der Waals surface area (Å²) in [5, 5.41) is 0. The van der Waals surface area contributed by atoms with Gasteiger partial charge < -0.3 is 14.2 Å². The number of ether oxygens (including phenoxy) is 3. The van der Waals surface area contributed by atoms with Crippen molar-refractivity contribution in [2.75, 3.05) is 13.2 Å². The van der Waals surface area contributed by atoms with E-state index in [2.05, 4.69) is 81.5 Å². The molecular formula is C61H108O6. The van der Waals surface area contributed by atoms with E-state index in [-0.39, 0.29) is 31.1 Å². The number of hydrogen-bond acceptors (Lipinski definition) is 6. The van der Waals surface area contributed by atoms with Crippen LogP contribution in [0.1, 0.15) is 290 Å². The second-order valence-electron chi connectivity index (χ2n) is 19.2. The van der Waals surface area contributed by atoms with Crippen LogP contribution in [0.3, 0.4) is 0 Å². The van der Waals surface area contributed by atoms with Crippen molar-refractivity contribution in [3.63, 3.8) is 0 Å². The van der Waals surface area contributed by atoms with Crippen molar-refractivity contribution in [3.05, 3.63) is 60.8 Å². The highest BCUT2D eigenvalue weighted by atomic mass is 16.6. The molecule has 1 atom stereocenters. The number of carbonyl (C=O) groups excluding carboxylic acids is 3. The van der Waals surface area contributed by atoms with Gasteiger partial charge in [-0.05, 0) is 109 Å². The number of esters is 3. The Morgan fingerprint density at radius 3 is 0.896 bits per heavy atom. The summed E-state index contributed by atoms with van der Waals surface area (Å²) in [6.07, 6.45) is 69.1. The molecule has 0 amide bonds. The van der Waals surface area contributed by atoms with E-state index in [1.165, 1.54) is 167 Å². The monoisotopic (exact) mass is 937 g/mol. The van der Waals surface area contributed by atoms with Crippen molar-refractivity contribution < 1.29 is 28.6 Å². The number of allylic oxidation sites excluding steroid dienone is 10. The first-order valence-electron chi connectivity index (χ1n) is 28.8. The third kappa shape index (κ3) is 53.9. The first-order chi connectivity index (χ1) is 33.0. The Morgan fingerprint density at radius 2 is 0.537 bits per heavy atom. The Bertz CT molecular complexity index is 1210. The van der Waals surface area contributed by atoms with Crippen LogP contribution in [0.15, 0.2) is 60.8 Å². The van der Waals surface area contributed by atoms with Crippen LogP contribution in [-0.4, -0.2) is 37.2 Å². The molecule has 0 aliphatic heterocycles. The molecule has 0 bridgehead atoms. The van der Waals surface area contributed by atoms with Gasteiger partial charge in [0.1, 0.15) is 13.2 Å². The van der Waals surface area contributed by atoms with E-state index in [1.54, 1.807) is 0 Å². The van der Waals surface area contributed by atoms with Crippen molar-refractivity contribution in [1.29, 1.82) is 0 Å². The third-order valence-electron chi connectivity index (χ3n) is 12.5. The van der Waals surface area contributed by atoms with Gasteiger partial charge in [-0.3, -0.25) is 14.4 Å². The van der Waals surface area contributed by atoms with E-state index in [1.807, 2.05) is 0 Å². The van der Waals surface area contributed by atoms with Crippen LogP contribution in [0.5, 0.6) is 0 Å². The molecule has 388 valence electrons. The van der Waals surface area contributed by atoms with Crippen LogP contribution < -0.4 is 0 Å². The van der Waals surface area contributed by atoms with Crippen molar-refractivity contribution in [3.8, 4) is 0 Å². The molecule has 0 spiro atoms. The number of carbonyl (C=O) groups is 3. The summed E-state index contributed by atoms with van der Waals surface area (Å²) in [7, 11) is 0. The lowest BCUT2D eigenvalue weighted by atomic mass is 10.1. The Hall–Kier alpha value is -2.89. The lowest BCUT2D eigenvalue weighted by Crippen LogP contribution is -2.30. The fourth-order valence-electron chi connectivity index (χ4n) is 8.09. The van der Waals surface area contributed by atoms with Gasteiger partial charge in [0.05, 0.1) is 0 Å². The molecule has 6 nitrogen and oxygen atoms in total. The van der Waals surface area contributed by atoms with Crippen LogP contribution >= 0.6 is 0 Å². The molecular weight excluding hydrogens is 829 g/mol. The highest BCUT2D eigenvalue weighted by molar-refractivity contribution is 5.71. The van der Waals surface area contributed by atoms with Crippen LogP contribution in [0.25, 0.3) is 0 Å². The van der Waals surface area contributed by atoms with Crippen molar-refractivity contribution in [1.82, 2.24) is 0 Å². The van der Waals surface area contributed by atoms with Crippen LogP contribution in [0, 0.1) is 0 Å². The molecule has 0 aromatic carbocycles. The minimum absolute atomic E-state index is 0.0846. The van der Waals surface area contributed by atoms with E-state index in [4.69, 9.17) is 14.2 Å². The summed E-state index contributed by atoms with van der Waals surface area (Å²) in [4.78, 5) is 38.1. The fourth-order valence-corrected chi connectivity index (χ4v) is 8.09. The van der Waals surface area contributed by atoms with Gasteiger partial charge in [-0.25, -0.2) is 0 Å². The van der Waals surface area contributed by atoms with Gasteiger partial charge in [-0.2, -0.15) is 0 Å². The summed E-state index contributed by atoms with van der Waals surface area (Å²) >= 11 is 0. The smallest absolute Gasteiger partial charge is 0.306 e. The maximum Gasteiger partial charge on any atom is 0.306 e. The van der Waals surface area contributed by atoms with Gasteiger partial charge >= 0.3 is 17.9 Å². The molecule has 0 heterocycles. The van der Waals surface area contributed by atoms with Crippen molar-refractivity contribution >= 4 is 17.9 Å². The average Bonchev–Trinajstić information content (AvgIpc) is 3.33. The quantitative estimate of drug-likeness (QED) is 0.0262. The molecule has 6 heteroatoms. The first kappa shape index (κ1) is 64.1. The molecule has 0 saturated carbocycles. The second kappa shape index (κ2) is 55.7. The molecule has 0 aliphatic rings. The molecule has 0 rings (SSSR count).